The lowest BCUT2D eigenvalue weighted by Crippen LogP contribution is -2.14. The minimum absolute atomic E-state index is 0.369. The van der Waals surface area contributed by atoms with Gasteiger partial charge in [0.15, 0.2) is 0 Å². The number of hydrogen-bond acceptors (Lipinski definition) is 3. The lowest BCUT2D eigenvalue weighted by Gasteiger charge is -2.05. The maximum absolute atomic E-state index is 7.55. The minimum Gasteiger partial charge on any atom is -0.393 e. The normalized spacial score (nSPS) is 10.0. The summed E-state index contributed by atoms with van der Waals surface area (Å²) in [6.45, 7) is 1.12. The van der Waals surface area contributed by atoms with Gasteiger partial charge in [-0.05, 0) is 5.56 Å². The molecule has 0 aliphatic carbocycles. The Kier molecular flexibility index (Phi) is 5.67. The summed E-state index contributed by atoms with van der Waals surface area (Å²) < 4.78 is 5.45. The van der Waals surface area contributed by atoms with Gasteiger partial charge in [-0.2, -0.15) is 0 Å². The molecule has 0 heterocycles. The highest BCUT2D eigenvalue weighted by atomic mass is 32.1. The van der Waals surface area contributed by atoms with Crippen LogP contribution in [0.4, 0.5) is 0 Å². The molecule has 16 heavy (non-hydrogen) atoms. The number of rotatable bonds is 7. The monoisotopic (exact) mass is 236 g/mol. The molecule has 0 fully saturated rings. The number of thiocarbonyl (C=S) groups is 1. The maximum atomic E-state index is 7.55. The molecule has 3 nitrogen and oxygen atoms in total. The maximum Gasteiger partial charge on any atom is 0.0783 e. The predicted molar refractivity (Wildman–Crippen MR) is 69.8 cm³/mol. The van der Waals surface area contributed by atoms with E-state index in [-0.39, 0.29) is 0 Å². The molecule has 1 aromatic carbocycles. The van der Waals surface area contributed by atoms with Crippen molar-refractivity contribution in [1.82, 2.24) is 0 Å². The van der Waals surface area contributed by atoms with E-state index in [1.165, 1.54) is 0 Å². The van der Waals surface area contributed by atoms with Crippen LogP contribution in [0.2, 0.25) is 0 Å². The van der Waals surface area contributed by atoms with Crippen LogP contribution in [0.3, 0.4) is 0 Å². The van der Waals surface area contributed by atoms with E-state index in [1.54, 1.807) is 0 Å². The standard InChI is InChI=1S/C12H16N2OS/c13-11(8-12(14)16)6-7-15-9-10-4-2-1-3-5-10/h1-5,13H,6-9H2,(H2,14,16). The van der Waals surface area contributed by atoms with Crippen molar-refractivity contribution in [1.29, 1.82) is 5.41 Å². The zero-order valence-electron chi connectivity index (χ0n) is 9.11. The van der Waals surface area contributed by atoms with E-state index in [2.05, 4.69) is 0 Å². The summed E-state index contributed by atoms with van der Waals surface area (Å²) in [4.78, 5) is 0.369. The van der Waals surface area contributed by atoms with E-state index in [0.29, 0.717) is 36.8 Å². The SMILES string of the molecule is N=C(CCOCc1ccccc1)CC(N)=S. The average molecular weight is 236 g/mol. The summed E-state index contributed by atoms with van der Waals surface area (Å²) in [5.74, 6) is 0. The van der Waals surface area contributed by atoms with Gasteiger partial charge in [-0.3, -0.25) is 0 Å². The topological polar surface area (TPSA) is 59.1 Å². The van der Waals surface area contributed by atoms with Crippen LogP contribution >= 0.6 is 12.2 Å². The first-order valence-electron chi connectivity index (χ1n) is 5.15. The third-order valence-electron chi connectivity index (χ3n) is 2.05. The van der Waals surface area contributed by atoms with Crippen molar-refractivity contribution in [2.24, 2.45) is 5.73 Å². The third-order valence-corrected chi connectivity index (χ3v) is 2.19. The van der Waals surface area contributed by atoms with Gasteiger partial charge in [0.1, 0.15) is 0 Å². The lowest BCUT2D eigenvalue weighted by molar-refractivity contribution is 0.127. The van der Waals surface area contributed by atoms with Gasteiger partial charge in [-0.25, -0.2) is 0 Å². The molecule has 0 aliphatic heterocycles. The second-order valence-electron chi connectivity index (χ2n) is 3.53. The van der Waals surface area contributed by atoms with Crippen LogP contribution in [0.25, 0.3) is 0 Å². The van der Waals surface area contributed by atoms with Gasteiger partial charge in [0.2, 0.25) is 0 Å². The summed E-state index contributed by atoms with van der Waals surface area (Å²) in [5, 5.41) is 7.55. The fourth-order valence-electron chi connectivity index (χ4n) is 1.26. The smallest absolute Gasteiger partial charge is 0.0783 e. The van der Waals surface area contributed by atoms with Gasteiger partial charge in [0.05, 0.1) is 18.2 Å². The Morgan fingerprint density at radius 3 is 2.62 bits per heavy atom. The third kappa shape index (κ3) is 5.58. The Bertz CT molecular complexity index is 351. The Morgan fingerprint density at radius 1 is 1.31 bits per heavy atom. The first-order valence-corrected chi connectivity index (χ1v) is 5.55. The number of hydrogen-bond donors (Lipinski definition) is 2. The van der Waals surface area contributed by atoms with Crippen LogP contribution in [0.5, 0.6) is 0 Å². The van der Waals surface area contributed by atoms with E-state index in [1.807, 2.05) is 30.3 Å². The van der Waals surface area contributed by atoms with Crippen molar-refractivity contribution in [2.75, 3.05) is 6.61 Å². The number of nitrogens with two attached hydrogens (primary N) is 1. The van der Waals surface area contributed by atoms with Crippen molar-refractivity contribution in [3.63, 3.8) is 0 Å². The molecule has 0 saturated heterocycles. The lowest BCUT2D eigenvalue weighted by atomic mass is 10.2. The molecular formula is C12H16N2OS. The van der Waals surface area contributed by atoms with Crippen molar-refractivity contribution >= 4 is 22.9 Å². The molecule has 0 atom stereocenters. The van der Waals surface area contributed by atoms with Crippen molar-refractivity contribution in [2.45, 2.75) is 19.4 Å². The quantitative estimate of drug-likeness (QED) is 0.434. The van der Waals surface area contributed by atoms with Gasteiger partial charge in [0, 0.05) is 18.6 Å². The fraction of sp³-hybridized carbons (Fsp3) is 0.333. The van der Waals surface area contributed by atoms with Crippen LogP contribution in [-0.4, -0.2) is 17.3 Å². The second-order valence-corrected chi connectivity index (χ2v) is 4.06. The Hall–Kier alpha value is -1.26. The molecule has 0 aromatic heterocycles. The van der Waals surface area contributed by atoms with Crippen molar-refractivity contribution in [3.8, 4) is 0 Å². The van der Waals surface area contributed by atoms with Gasteiger partial charge in [-0.15, -0.1) is 0 Å². The zero-order valence-corrected chi connectivity index (χ0v) is 9.93. The predicted octanol–water partition coefficient (Wildman–Crippen LogP) is 2.29. The number of ether oxygens (including phenoxy) is 1. The van der Waals surface area contributed by atoms with Gasteiger partial charge in [-0.1, -0.05) is 42.5 Å². The van der Waals surface area contributed by atoms with Crippen LogP contribution in [0, 0.1) is 5.41 Å². The second kappa shape index (κ2) is 7.09. The minimum atomic E-state index is 0.369. The molecule has 1 aromatic rings. The van der Waals surface area contributed by atoms with Crippen molar-refractivity contribution < 1.29 is 4.74 Å². The highest BCUT2D eigenvalue weighted by Gasteiger charge is 1.99. The highest BCUT2D eigenvalue weighted by molar-refractivity contribution is 7.80. The molecule has 0 bridgehead atoms. The first-order chi connectivity index (χ1) is 7.68. The van der Waals surface area contributed by atoms with E-state index in [9.17, 15) is 0 Å². The molecule has 0 aliphatic rings. The van der Waals surface area contributed by atoms with Crippen LogP contribution in [-0.2, 0) is 11.3 Å². The molecule has 0 spiro atoms. The van der Waals surface area contributed by atoms with E-state index in [0.717, 1.165) is 5.56 Å². The van der Waals surface area contributed by atoms with Crippen LogP contribution in [0.1, 0.15) is 18.4 Å². The average Bonchev–Trinajstić information content (AvgIpc) is 2.25. The molecule has 3 N–H and O–H groups in total. The molecular weight excluding hydrogens is 220 g/mol. The van der Waals surface area contributed by atoms with Crippen LogP contribution < -0.4 is 5.73 Å². The van der Waals surface area contributed by atoms with E-state index < -0.39 is 0 Å². The van der Waals surface area contributed by atoms with E-state index >= 15 is 0 Å². The summed E-state index contributed by atoms with van der Waals surface area (Å²) in [5.41, 5.74) is 7.01. The van der Waals surface area contributed by atoms with E-state index in [4.69, 9.17) is 28.1 Å². The summed E-state index contributed by atoms with van der Waals surface area (Å²) in [6.07, 6.45) is 0.980. The highest BCUT2D eigenvalue weighted by Crippen LogP contribution is 2.01. The number of benzene rings is 1. The molecule has 86 valence electrons. The van der Waals surface area contributed by atoms with Crippen LogP contribution in [0.15, 0.2) is 30.3 Å². The first kappa shape index (κ1) is 12.8. The number of nitrogens with one attached hydrogen (secondary N) is 1. The summed E-state index contributed by atoms with van der Waals surface area (Å²) in [6, 6.07) is 9.96. The largest absolute Gasteiger partial charge is 0.393 e. The Balaban J connectivity index is 2.13. The molecule has 0 amide bonds. The van der Waals surface area contributed by atoms with Gasteiger partial charge >= 0.3 is 0 Å². The zero-order chi connectivity index (χ0) is 11.8. The van der Waals surface area contributed by atoms with Crippen molar-refractivity contribution in [3.05, 3.63) is 35.9 Å². The van der Waals surface area contributed by atoms with Gasteiger partial charge in [0.25, 0.3) is 0 Å². The molecule has 1 rings (SSSR count). The Labute approximate surface area is 101 Å². The molecule has 0 unspecified atom stereocenters. The molecule has 0 saturated carbocycles. The fourth-order valence-corrected chi connectivity index (χ4v) is 1.43. The Morgan fingerprint density at radius 2 is 2.00 bits per heavy atom. The van der Waals surface area contributed by atoms with Gasteiger partial charge < -0.3 is 15.9 Å². The summed E-state index contributed by atoms with van der Waals surface area (Å²) >= 11 is 4.72. The molecule has 0 radical (unpaired) electrons. The molecule has 4 heteroatoms. The summed E-state index contributed by atoms with van der Waals surface area (Å²) in [7, 11) is 0.